The molecule has 1 aliphatic rings. The molecule has 0 amide bonds. The summed E-state index contributed by atoms with van der Waals surface area (Å²) in [6.07, 6.45) is 0.808. The Morgan fingerprint density at radius 3 is 2.78 bits per heavy atom. The van der Waals surface area contributed by atoms with E-state index in [-0.39, 0.29) is 28.4 Å². The van der Waals surface area contributed by atoms with E-state index in [9.17, 15) is 8.42 Å². The molecule has 4 nitrogen and oxygen atoms in total. The highest BCUT2D eigenvalue weighted by molar-refractivity contribution is 7.89. The van der Waals surface area contributed by atoms with E-state index < -0.39 is 10.0 Å². The lowest BCUT2D eigenvalue weighted by molar-refractivity contribution is 0.560. The number of benzene rings is 1. The SMILES string of the molecule is Cc1ccc(Cl)c(S(=O)(=O)NC2CCNC2)c1.Cl. The Morgan fingerprint density at radius 2 is 2.17 bits per heavy atom. The van der Waals surface area contributed by atoms with E-state index in [1.165, 1.54) is 0 Å². The zero-order valence-corrected chi connectivity index (χ0v) is 12.3. The van der Waals surface area contributed by atoms with Crippen LogP contribution < -0.4 is 10.0 Å². The summed E-state index contributed by atoms with van der Waals surface area (Å²) < 4.78 is 26.9. The van der Waals surface area contributed by atoms with Gasteiger partial charge in [-0.3, -0.25) is 0 Å². The van der Waals surface area contributed by atoms with E-state index >= 15 is 0 Å². The highest BCUT2D eigenvalue weighted by Crippen LogP contribution is 2.22. The van der Waals surface area contributed by atoms with Crippen molar-refractivity contribution >= 4 is 34.0 Å². The molecule has 1 aromatic rings. The fourth-order valence-corrected chi connectivity index (χ4v) is 3.71. The monoisotopic (exact) mass is 310 g/mol. The van der Waals surface area contributed by atoms with E-state index in [0.29, 0.717) is 6.54 Å². The highest BCUT2D eigenvalue weighted by atomic mass is 35.5. The van der Waals surface area contributed by atoms with Gasteiger partial charge in [-0.1, -0.05) is 17.7 Å². The molecule has 102 valence electrons. The van der Waals surface area contributed by atoms with Crippen molar-refractivity contribution in [2.24, 2.45) is 0 Å². The third kappa shape index (κ3) is 3.59. The van der Waals surface area contributed by atoms with Gasteiger partial charge in [0, 0.05) is 12.6 Å². The number of halogens is 2. The van der Waals surface area contributed by atoms with Gasteiger partial charge in [0.1, 0.15) is 4.90 Å². The average molecular weight is 311 g/mol. The van der Waals surface area contributed by atoms with Crippen LogP contribution in [-0.4, -0.2) is 27.5 Å². The smallest absolute Gasteiger partial charge is 0.242 e. The van der Waals surface area contributed by atoms with Crippen molar-refractivity contribution in [1.29, 1.82) is 0 Å². The quantitative estimate of drug-likeness (QED) is 0.893. The lowest BCUT2D eigenvalue weighted by atomic mass is 10.2. The molecule has 1 unspecified atom stereocenters. The largest absolute Gasteiger partial charge is 0.315 e. The van der Waals surface area contributed by atoms with E-state index in [1.54, 1.807) is 18.2 Å². The standard InChI is InChI=1S/C11H15ClN2O2S.ClH/c1-8-2-3-10(12)11(6-8)17(15,16)14-9-4-5-13-7-9;/h2-3,6,9,13-14H,4-5,7H2,1H3;1H. The van der Waals surface area contributed by atoms with Gasteiger partial charge >= 0.3 is 0 Å². The van der Waals surface area contributed by atoms with E-state index in [4.69, 9.17) is 11.6 Å². The first-order valence-corrected chi connectivity index (χ1v) is 7.34. The van der Waals surface area contributed by atoms with Gasteiger partial charge in [0.25, 0.3) is 0 Å². The van der Waals surface area contributed by atoms with Gasteiger partial charge in [-0.2, -0.15) is 0 Å². The molecule has 1 atom stereocenters. The molecule has 0 aliphatic carbocycles. The van der Waals surface area contributed by atoms with Crippen molar-refractivity contribution in [3.8, 4) is 0 Å². The van der Waals surface area contributed by atoms with E-state index in [0.717, 1.165) is 18.5 Å². The zero-order valence-electron chi connectivity index (χ0n) is 9.94. The summed E-state index contributed by atoms with van der Waals surface area (Å²) in [5.74, 6) is 0. The summed E-state index contributed by atoms with van der Waals surface area (Å²) in [6, 6.07) is 4.95. The lowest BCUT2D eigenvalue weighted by Gasteiger charge is -2.13. The Kier molecular flexibility index (Phi) is 5.43. The third-order valence-corrected chi connectivity index (χ3v) is 4.76. The molecule has 0 aromatic heterocycles. The summed E-state index contributed by atoms with van der Waals surface area (Å²) in [7, 11) is -3.52. The Morgan fingerprint density at radius 1 is 1.44 bits per heavy atom. The number of aryl methyl sites for hydroxylation is 1. The van der Waals surface area contributed by atoms with Crippen molar-refractivity contribution in [2.45, 2.75) is 24.3 Å². The summed E-state index contributed by atoms with van der Waals surface area (Å²) in [5.41, 5.74) is 0.874. The van der Waals surface area contributed by atoms with Gasteiger partial charge in [0.2, 0.25) is 10.0 Å². The van der Waals surface area contributed by atoms with Gasteiger partial charge in [-0.15, -0.1) is 12.4 Å². The molecule has 2 rings (SSSR count). The van der Waals surface area contributed by atoms with Gasteiger partial charge in [-0.05, 0) is 37.6 Å². The molecule has 18 heavy (non-hydrogen) atoms. The van der Waals surface area contributed by atoms with Crippen molar-refractivity contribution < 1.29 is 8.42 Å². The van der Waals surface area contributed by atoms with Crippen LogP contribution in [0.2, 0.25) is 5.02 Å². The van der Waals surface area contributed by atoms with Crippen molar-refractivity contribution in [2.75, 3.05) is 13.1 Å². The first kappa shape index (κ1) is 15.7. The van der Waals surface area contributed by atoms with Crippen LogP contribution in [0.4, 0.5) is 0 Å². The highest BCUT2D eigenvalue weighted by Gasteiger charge is 2.24. The molecule has 0 bridgehead atoms. The molecule has 1 saturated heterocycles. The van der Waals surface area contributed by atoms with Crippen LogP contribution in [0.15, 0.2) is 23.1 Å². The minimum absolute atomic E-state index is 0. The zero-order chi connectivity index (χ0) is 12.5. The van der Waals surface area contributed by atoms with Gasteiger partial charge in [0.15, 0.2) is 0 Å². The molecule has 1 heterocycles. The molecule has 2 N–H and O–H groups in total. The number of nitrogens with one attached hydrogen (secondary N) is 2. The predicted molar refractivity (Wildman–Crippen MR) is 75.0 cm³/mol. The summed E-state index contributed by atoms with van der Waals surface area (Å²) in [5, 5.41) is 3.37. The van der Waals surface area contributed by atoms with Crippen LogP contribution >= 0.6 is 24.0 Å². The van der Waals surface area contributed by atoms with Crippen LogP contribution in [-0.2, 0) is 10.0 Å². The fraction of sp³-hybridized carbons (Fsp3) is 0.455. The fourth-order valence-electron chi connectivity index (χ4n) is 1.85. The van der Waals surface area contributed by atoms with Crippen LogP contribution in [0, 0.1) is 6.92 Å². The van der Waals surface area contributed by atoms with Gasteiger partial charge in [0.05, 0.1) is 5.02 Å². The molecule has 1 aromatic carbocycles. The minimum atomic E-state index is -3.52. The lowest BCUT2D eigenvalue weighted by Crippen LogP contribution is -2.36. The van der Waals surface area contributed by atoms with Crippen LogP contribution in [0.5, 0.6) is 0 Å². The number of sulfonamides is 1. The number of hydrogen-bond acceptors (Lipinski definition) is 3. The molecular weight excluding hydrogens is 295 g/mol. The Labute approximate surface area is 119 Å². The molecule has 7 heteroatoms. The second-order valence-electron chi connectivity index (χ2n) is 4.24. The first-order chi connectivity index (χ1) is 7.99. The molecule has 1 aliphatic heterocycles. The normalized spacial score (nSPS) is 19.6. The van der Waals surface area contributed by atoms with Crippen molar-refractivity contribution in [3.63, 3.8) is 0 Å². The van der Waals surface area contributed by atoms with Crippen LogP contribution in [0.25, 0.3) is 0 Å². The maximum absolute atomic E-state index is 12.1. The van der Waals surface area contributed by atoms with Crippen LogP contribution in [0.1, 0.15) is 12.0 Å². The molecule has 0 saturated carbocycles. The molecular formula is C11H16Cl2N2O2S. The Hall–Kier alpha value is -0.330. The molecule has 1 fully saturated rings. The third-order valence-electron chi connectivity index (χ3n) is 2.76. The second-order valence-corrected chi connectivity index (χ2v) is 6.33. The van der Waals surface area contributed by atoms with Gasteiger partial charge in [-0.25, -0.2) is 13.1 Å². The summed E-state index contributed by atoms with van der Waals surface area (Å²) in [4.78, 5) is 0.158. The molecule has 0 radical (unpaired) electrons. The molecule has 0 spiro atoms. The summed E-state index contributed by atoms with van der Waals surface area (Å²) in [6.45, 7) is 3.35. The predicted octanol–water partition coefficient (Wildman–Crippen LogP) is 1.71. The maximum Gasteiger partial charge on any atom is 0.242 e. The van der Waals surface area contributed by atoms with Crippen LogP contribution in [0.3, 0.4) is 0 Å². The Bertz CT molecular complexity index is 514. The van der Waals surface area contributed by atoms with Crippen molar-refractivity contribution in [1.82, 2.24) is 10.0 Å². The summed E-state index contributed by atoms with van der Waals surface area (Å²) >= 11 is 5.93. The second kappa shape index (κ2) is 6.21. The average Bonchev–Trinajstić information content (AvgIpc) is 2.73. The number of rotatable bonds is 3. The van der Waals surface area contributed by atoms with Gasteiger partial charge < -0.3 is 5.32 Å². The number of hydrogen-bond donors (Lipinski definition) is 2. The van der Waals surface area contributed by atoms with E-state index in [2.05, 4.69) is 10.0 Å². The maximum atomic E-state index is 12.1. The van der Waals surface area contributed by atoms with Crippen molar-refractivity contribution in [3.05, 3.63) is 28.8 Å². The first-order valence-electron chi connectivity index (χ1n) is 5.48. The van der Waals surface area contributed by atoms with E-state index in [1.807, 2.05) is 6.92 Å². The topological polar surface area (TPSA) is 58.2 Å². The minimum Gasteiger partial charge on any atom is -0.315 e. The Balaban J connectivity index is 0.00000162.